The Kier molecular flexibility index (Phi) is 8.01. The van der Waals surface area contributed by atoms with Crippen LogP contribution in [0.15, 0.2) is 0 Å². The first-order valence-electron chi connectivity index (χ1n) is 6.85. The molecule has 0 aliphatic heterocycles. The Hall–Kier alpha value is -0.120. The molecule has 0 spiro atoms. The number of hydrogen-bond donors (Lipinski definition) is 2. The van der Waals surface area contributed by atoms with E-state index >= 15 is 0 Å². The molecule has 0 aromatic heterocycles. The molecule has 17 heavy (non-hydrogen) atoms. The highest BCUT2D eigenvalue weighted by atomic mass is 16.5. The standard InChI is InChI=1S/C14H31NO2/c1-7-12(8-2)11(3)15-9-13(16)10-17-14(4,5)6/h11-13,15-16H,7-10H2,1-6H3. The molecule has 0 aromatic rings. The minimum Gasteiger partial charge on any atom is -0.389 e. The molecule has 0 amide bonds. The second kappa shape index (κ2) is 8.06. The molecule has 0 bridgehead atoms. The van der Waals surface area contributed by atoms with Gasteiger partial charge in [-0.2, -0.15) is 0 Å². The Balaban J connectivity index is 3.79. The van der Waals surface area contributed by atoms with E-state index in [0.717, 1.165) is 0 Å². The molecule has 0 radical (unpaired) electrons. The minimum atomic E-state index is -0.425. The van der Waals surface area contributed by atoms with Gasteiger partial charge in [0.05, 0.1) is 18.3 Å². The van der Waals surface area contributed by atoms with Crippen LogP contribution in [0.4, 0.5) is 0 Å². The van der Waals surface area contributed by atoms with Gasteiger partial charge in [0.2, 0.25) is 0 Å². The SMILES string of the molecule is CCC(CC)C(C)NCC(O)COC(C)(C)C. The predicted octanol–water partition coefficient (Wildman–Crippen LogP) is 2.58. The monoisotopic (exact) mass is 245 g/mol. The van der Waals surface area contributed by atoms with E-state index in [1.54, 1.807) is 0 Å². The van der Waals surface area contributed by atoms with Crippen molar-refractivity contribution in [3.8, 4) is 0 Å². The Labute approximate surface area is 107 Å². The van der Waals surface area contributed by atoms with Crippen LogP contribution in [0.2, 0.25) is 0 Å². The van der Waals surface area contributed by atoms with Crippen molar-refractivity contribution in [1.29, 1.82) is 0 Å². The normalized spacial score (nSPS) is 16.2. The van der Waals surface area contributed by atoms with E-state index in [-0.39, 0.29) is 5.60 Å². The molecule has 0 saturated carbocycles. The molecular weight excluding hydrogens is 214 g/mol. The van der Waals surface area contributed by atoms with Crippen molar-refractivity contribution < 1.29 is 9.84 Å². The first-order chi connectivity index (χ1) is 7.80. The zero-order valence-corrected chi connectivity index (χ0v) is 12.4. The van der Waals surface area contributed by atoms with Gasteiger partial charge in [-0.25, -0.2) is 0 Å². The Morgan fingerprint density at radius 3 is 2.12 bits per heavy atom. The van der Waals surface area contributed by atoms with Crippen molar-refractivity contribution in [2.24, 2.45) is 5.92 Å². The smallest absolute Gasteiger partial charge is 0.0898 e. The average Bonchev–Trinajstić information content (AvgIpc) is 2.24. The van der Waals surface area contributed by atoms with Crippen molar-refractivity contribution in [1.82, 2.24) is 5.32 Å². The zero-order valence-electron chi connectivity index (χ0n) is 12.4. The number of rotatable bonds is 8. The van der Waals surface area contributed by atoms with Crippen molar-refractivity contribution in [3.63, 3.8) is 0 Å². The highest BCUT2D eigenvalue weighted by molar-refractivity contribution is 4.72. The van der Waals surface area contributed by atoms with Crippen LogP contribution in [-0.4, -0.2) is 36.0 Å². The highest BCUT2D eigenvalue weighted by Gasteiger charge is 2.16. The number of ether oxygens (including phenoxy) is 1. The zero-order chi connectivity index (χ0) is 13.5. The lowest BCUT2D eigenvalue weighted by Gasteiger charge is -2.26. The lowest BCUT2D eigenvalue weighted by atomic mass is 9.95. The second-order valence-corrected chi connectivity index (χ2v) is 5.85. The maximum absolute atomic E-state index is 9.80. The van der Waals surface area contributed by atoms with Crippen LogP contribution in [-0.2, 0) is 4.74 Å². The van der Waals surface area contributed by atoms with Crippen molar-refractivity contribution >= 4 is 0 Å². The van der Waals surface area contributed by atoms with Gasteiger partial charge in [-0.05, 0) is 33.6 Å². The summed E-state index contributed by atoms with van der Waals surface area (Å²) in [7, 11) is 0. The maximum Gasteiger partial charge on any atom is 0.0898 e. The molecule has 2 N–H and O–H groups in total. The van der Waals surface area contributed by atoms with Gasteiger partial charge < -0.3 is 15.2 Å². The summed E-state index contributed by atoms with van der Waals surface area (Å²) in [5, 5.41) is 13.2. The van der Waals surface area contributed by atoms with Gasteiger partial charge in [-0.15, -0.1) is 0 Å². The maximum atomic E-state index is 9.80. The van der Waals surface area contributed by atoms with Gasteiger partial charge in [-0.1, -0.05) is 26.7 Å². The molecule has 0 saturated heterocycles. The molecule has 0 aromatic carbocycles. The topological polar surface area (TPSA) is 41.5 Å². The molecular formula is C14H31NO2. The molecule has 2 atom stereocenters. The van der Waals surface area contributed by atoms with E-state index in [9.17, 15) is 5.11 Å². The third-order valence-corrected chi connectivity index (χ3v) is 3.14. The molecule has 3 nitrogen and oxygen atoms in total. The van der Waals surface area contributed by atoms with E-state index in [0.29, 0.717) is 25.1 Å². The molecule has 3 heteroatoms. The van der Waals surface area contributed by atoms with E-state index in [1.165, 1.54) is 12.8 Å². The lowest BCUT2D eigenvalue weighted by molar-refractivity contribution is -0.0485. The van der Waals surface area contributed by atoms with Crippen LogP contribution in [0.1, 0.15) is 54.4 Å². The molecule has 0 fully saturated rings. The second-order valence-electron chi connectivity index (χ2n) is 5.85. The molecule has 2 unspecified atom stereocenters. The van der Waals surface area contributed by atoms with Crippen LogP contribution in [0.5, 0.6) is 0 Å². The molecule has 0 rings (SSSR count). The van der Waals surface area contributed by atoms with E-state index < -0.39 is 6.10 Å². The van der Waals surface area contributed by atoms with E-state index in [2.05, 4.69) is 26.1 Å². The summed E-state index contributed by atoms with van der Waals surface area (Å²) in [6.45, 7) is 13.6. The number of aliphatic hydroxyl groups is 1. The number of hydrogen-bond acceptors (Lipinski definition) is 3. The van der Waals surface area contributed by atoms with Gasteiger partial charge in [0.1, 0.15) is 0 Å². The lowest BCUT2D eigenvalue weighted by Crippen LogP contribution is -2.40. The Morgan fingerprint density at radius 2 is 1.71 bits per heavy atom. The predicted molar refractivity (Wildman–Crippen MR) is 73.2 cm³/mol. The highest BCUT2D eigenvalue weighted by Crippen LogP contribution is 2.12. The van der Waals surface area contributed by atoms with Crippen molar-refractivity contribution in [3.05, 3.63) is 0 Å². The van der Waals surface area contributed by atoms with Crippen LogP contribution in [0.3, 0.4) is 0 Å². The summed E-state index contributed by atoms with van der Waals surface area (Å²) in [4.78, 5) is 0. The summed E-state index contributed by atoms with van der Waals surface area (Å²) in [5.74, 6) is 0.686. The van der Waals surface area contributed by atoms with Gasteiger partial charge in [-0.3, -0.25) is 0 Å². The number of aliphatic hydroxyl groups excluding tert-OH is 1. The van der Waals surface area contributed by atoms with Crippen LogP contribution in [0.25, 0.3) is 0 Å². The summed E-state index contributed by atoms with van der Waals surface area (Å²) in [6.07, 6.45) is 1.93. The fourth-order valence-electron chi connectivity index (χ4n) is 1.89. The van der Waals surface area contributed by atoms with E-state index in [4.69, 9.17) is 4.74 Å². The van der Waals surface area contributed by atoms with Crippen molar-refractivity contribution in [2.75, 3.05) is 13.2 Å². The first-order valence-corrected chi connectivity index (χ1v) is 6.85. The van der Waals surface area contributed by atoms with Gasteiger partial charge >= 0.3 is 0 Å². The Morgan fingerprint density at radius 1 is 1.18 bits per heavy atom. The third kappa shape index (κ3) is 8.58. The number of nitrogens with one attached hydrogen (secondary N) is 1. The quantitative estimate of drug-likeness (QED) is 0.690. The summed E-state index contributed by atoms with van der Waals surface area (Å²) >= 11 is 0. The molecule has 0 aliphatic rings. The largest absolute Gasteiger partial charge is 0.389 e. The summed E-state index contributed by atoms with van der Waals surface area (Å²) in [5.41, 5.74) is -0.179. The van der Waals surface area contributed by atoms with Crippen LogP contribution < -0.4 is 5.32 Å². The van der Waals surface area contributed by atoms with Crippen molar-refractivity contribution in [2.45, 2.75) is 72.1 Å². The summed E-state index contributed by atoms with van der Waals surface area (Å²) < 4.78 is 5.55. The fourth-order valence-corrected chi connectivity index (χ4v) is 1.89. The molecule has 0 aliphatic carbocycles. The van der Waals surface area contributed by atoms with Crippen LogP contribution >= 0.6 is 0 Å². The van der Waals surface area contributed by atoms with Gasteiger partial charge in [0, 0.05) is 12.6 Å². The van der Waals surface area contributed by atoms with Crippen LogP contribution in [0, 0.1) is 5.92 Å². The average molecular weight is 245 g/mol. The third-order valence-electron chi connectivity index (χ3n) is 3.14. The Bertz CT molecular complexity index is 185. The fraction of sp³-hybridized carbons (Fsp3) is 1.00. The van der Waals surface area contributed by atoms with Gasteiger partial charge in [0.25, 0.3) is 0 Å². The first kappa shape index (κ1) is 16.9. The van der Waals surface area contributed by atoms with Gasteiger partial charge in [0.15, 0.2) is 0 Å². The van der Waals surface area contributed by atoms with E-state index in [1.807, 2.05) is 20.8 Å². The molecule has 104 valence electrons. The summed E-state index contributed by atoms with van der Waals surface area (Å²) in [6, 6.07) is 0.453. The molecule has 0 heterocycles. The minimum absolute atomic E-state index is 0.179.